The van der Waals surface area contributed by atoms with Crippen LogP contribution in [0.4, 0.5) is 0 Å². The fraction of sp³-hybridized carbons (Fsp3) is 0.933. The van der Waals surface area contributed by atoms with Gasteiger partial charge in [-0.2, -0.15) is 0 Å². The standard InChI is InChI=1S/C15H28N2O/c1-17(12-14-8-10-16-11-9-14)15(18)7-6-13-4-2-3-5-13/h13-14,16H,2-12H2,1H3. The van der Waals surface area contributed by atoms with Crippen molar-refractivity contribution >= 4 is 5.91 Å². The van der Waals surface area contributed by atoms with Gasteiger partial charge in [0.25, 0.3) is 0 Å². The molecule has 1 aliphatic carbocycles. The summed E-state index contributed by atoms with van der Waals surface area (Å²) in [7, 11) is 1.99. The second-order valence-electron chi connectivity index (χ2n) is 6.16. The van der Waals surface area contributed by atoms with Crippen molar-refractivity contribution in [3.05, 3.63) is 0 Å². The van der Waals surface area contributed by atoms with Gasteiger partial charge in [-0.1, -0.05) is 25.7 Å². The lowest BCUT2D eigenvalue weighted by molar-refractivity contribution is -0.130. The predicted octanol–water partition coefficient (Wildman–Crippen LogP) is 2.41. The van der Waals surface area contributed by atoms with Crippen molar-refractivity contribution in [3.8, 4) is 0 Å². The molecule has 1 saturated carbocycles. The van der Waals surface area contributed by atoms with Crippen LogP contribution < -0.4 is 5.32 Å². The highest BCUT2D eigenvalue weighted by atomic mass is 16.2. The Morgan fingerprint density at radius 3 is 2.44 bits per heavy atom. The van der Waals surface area contributed by atoms with Gasteiger partial charge in [-0.05, 0) is 44.2 Å². The smallest absolute Gasteiger partial charge is 0.222 e. The Balaban J connectivity index is 1.63. The first kappa shape index (κ1) is 13.9. The van der Waals surface area contributed by atoms with Gasteiger partial charge < -0.3 is 10.2 Å². The van der Waals surface area contributed by atoms with E-state index in [4.69, 9.17) is 0 Å². The summed E-state index contributed by atoms with van der Waals surface area (Å²) in [5.74, 6) is 1.91. The molecule has 1 N–H and O–H groups in total. The molecule has 0 aromatic carbocycles. The molecule has 0 spiro atoms. The van der Waals surface area contributed by atoms with E-state index in [1.165, 1.54) is 38.5 Å². The lowest BCUT2D eigenvalue weighted by atomic mass is 9.97. The highest BCUT2D eigenvalue weighted by molar-refractivity contribution is 5.75. The van der Waals surface area contributed by atoms with E-state index in [1.54, 1.807) is 0 Å². The summed E-state index contributed by atoms with van der Waals surface area (Å²) in [5.41, 5.74) is 0. The largest absolute Gasteiger partial charge is 0.345 e. The first-order chi connectivity index (χ1) is 8.75. The van der Waals surface area contributed by atoms with Gasteiger partial charge in [0.15, 0.2) is 0 Å². The third-order valence-electron chi connectivity index (χ3n) is 4.66. The molecule has 2 aliphatic rings. The Hall–Kier alpha value is -0.570. The van der Waals surface area contributed by atoms with E-state index in [-0.39, 0.29) is 0 Å². The maximum atomic E-state index is 12.1. The number of rotatable bonds is 5. The lowest BCUT2D eigenvalue weighted by Gasteiger charge is -2.27. The van der Waals surface area contributed by atoms with Crippen LogP contribution in [0.25, 0.3) is 0 Å². The molecule has 104 valence electrons. The summed E-state index contributed by atoms with van der Waals surface area (Å²) >= 11 is 0. The number of nitrogens with zero attached hydrogens (tertiary/aromatic N) is 1. The van der Waals surface area contributed by atoms with Crippen LogP contribution in [0.2, 0.25) is 0 Å². The van der Waals surface area contributed by atoms with Crippen LogP contribution in [-0.2, 0) is 4.79 Å². The second kappa shape index (κ2) is 7.13. The van der Waals surface area contributed by atoms with Crippen LogP contribution in [0.1, 0.15) is 51.4 Å². The number of piperidine rings is 1. The first-order valence-corrected chi connectivity index (χ1v) is 7.70. The van der Waals surface area contributed by atoms with Crippen molar-refractivity contribution in [1.82, 2.24) is 10.2 Å². The van der Waals surface area contributed by atoms with E-state index < -0.39 is 0 Å². The van der Waals surface area contributed by atoms with Crippen molar-refractivity contribution in [2.24, 2.45) is 11.8 Å². The van der Waals surface area contributed by atoms with Crippen LogP contribution in [0.5, 0.6) is 0 Å². The van der Waals surface area contributed by atoms with E-state index in [0.717, 1.165) is 38.4 Å². The molecule has 2 fully saturated rings. The van der Waals surface area contributed by atoms with Gasteiger partial charge in [0.1, 0.15) is 0 Å². The Morgan fingerprint density at radius 2 is 1.78 bits per heavy atom. The lowest BCUT2D eigenvalue weighted by Crippen LogP contribution is -2.37. The van der Waals surface area contributed by atoms with Crippen molar-refractivity contribution in [1.29, 1.82) is 0 Å². The number of amides is 1. The molecule has 1 saturated heterocycles. The maximum absolute atomic E-state index is 12.1. The molecule has 1 heterocycles. The van der Waals surface area contributed by atoms with Crippen molar-refractivity contribution in [3.63, 3.8) is 0 Å². The normalized spacial score (nSPS) is 22.3. The molecular formula is C15H28N2O. The van der Waals surface area contributed by atoms with E-state index in [9.17, 15) is 4.79 Å². The van der Waals surface area contributed by atoms with Gasteiger partial charge in [0, 0.05) is 20.0 Å². The number of hydrogen-bond donors (Lipinski definition) is 1. The van der Waals surface area contributed by atoms with Gasteiger partial charge >= 0.3 is 0 Å². The summed E-state index contributed by atoms with van der Waals surface area (Å²) in [6.45, 7) is 3.20. The van der Waals surface area contributed by atoms with E-state index in [0.29, 0.717) is 11.8 Å². The molecule has 0 unspecified atom stereocenters. The van der Waals surface area contributed by atoms with Gasteiger partial charge in [-0.15, -0.1) is 0 Å². The molecule has 0 aromatic heterocycles. The minimum Gasteiger partial charge on any atom is -0.345 e. The quantitative estimate of drug-likeness (QED) is 0.815. The van der Waals surface area contributed by atoms with Gasteiger partial charge in [-0.3, -0.25) is 4.79 Å². The third-order valence-corrected chi connectivity index (χ3v) is 4.66. The minimum atomic E-state index is 0.362. The molecular weight excluding hydrogens is 224 g/mol. The zero-order chi connectivity index (χ0) is 12.8. The summed E-state index contributed by atoms with van der Waals surface area (Å²) in [4.78, 5) is 14.1. The number of hydrogen-bond acceptors (Lipinski definition) is 2. The van der Waals surface area contributed by atoms with Gasteiger partial charge in [0.05, 0.1) is 0 Å². The highest BCUT2D eigenvalue weighted by Gasteiger charge is 2.20. The number of carbonyl (C=O) groups excluding carboxylic acids is 1. The molecule has 0 aromatic rings. The van der Waals surface area contributed by atoms with E-state index in [2.05, 4.69) is 5.32 Å². The summed E-state index contributed by atoms with van der Waals surface area (Å²) in [5, 5.41) is 3.38. The molecule has 1 aliphatic heterocycles. The van der Waals surface area contributed by atoms with Crippen LogP contribution in [0.15, 0.2) is 0 Å². The zero-order valence-corrected chi connectivity index (χ0v) is 11.8. The van der Waals surface area contributed by atoms with Crippen molar-refractivity contribution < 1.29 is 4.79 Å². The molecule has 0 bridgehead atoms. The van der Waals surface area contributed by atoms with Crippen molar-refractivity contribution in [2.45, 2.75) is 51.4 Å². The number of carbonyl (C=O) groups is 1. The highest BCUT2D eigenvalue weighted by Crippen LogP contribution is 2.28. The zero-order valence-electron chi connectivity index (χ0n) is 11.8. The Kier molecular flexibility index (Phi) is 5.48. The fourth-order valence-corrected chi connectivity index (χ4v) is 3.37. The van der Waals surface area contributed by atoms with Gasteiger partial charge in [0.2, 0.25) is 5.91 Å². The maximum Gasteiger partial charge on any atom is 0.222 e. The summed E-state index contributed by atoms with van der Waals surface area (Å²) < 4.78 is 0. The fourth-order valence-electron chi connectivity index (χ4n) is 3.37. The molecule has 1 amide bonds. The SMILES string of the molecule is CN(CC1CCNCC1)C(=O)CCC1CCCC1. The predicted molar refractivity (Wildman–Crippen MR) is 74.4 cm³/mol. The average Bonchev–Trinajstić information content (AvgIpc) is 2.90. The van der Waals surface area contributed by atoms with Gasteiger partial charge in [-0.25, -0.2) is 0 Å². The third kappa shape index (κ3) is 4.27. The minimum absolute atomic E-state index is 0.362. The van der Waals surface area contributed by atoms with Crippen LogP contribution in [0.3, 0.4) is 0 Å². The van der Waals surface area contributed by atoms with E-state index in [1.807, 2.05) is 11.9 Å². The Morgan fingerprint density at radius 1 is 1.11 bits per heavy atom. The van der Waals surface area contributed by atoms with Crippen LogP contribution >= 0.6 is 0 Å². The Bertz CT molecular complexity index is 255. The molecule has 3 nitrogen and oxygen atoms in total. The molecule has 0 radical (unpaired) electrons. The van der Waals surface area contributed by atoms with Crippen LogP contribution in [-0.4, -0.2) is 37.5 Å². The second-order valence-corrected chi connectivity index (χ2v) is 6.16. The van der Waals surface area contributed by atoms with E-state index >= 15 is 0 Å². The molecule has 3 heteroatoms. The number of nitrogens with one attached hydrogen (secondary N) is 1. The summed E-state index contributed by atoms with van der Waals surface area (Å²) in [6.07, 6.45) is 9.80. The monoisotopic (exact) mass is 252 g/mol. The molecule has 0 atom stereocenters. The molecule has 18 heavy (non-hydrogen) atoms. The van der Waals surface area contributed by atoms with Crippen LogP contribution in [0, 0.1) is 11.8 Å². The average molecular weight is 252 g/mol. The Labute approximate surface area is 111 Å². The molecule has 2 rings (SSSR count). The van der Waals surface area contributed by atoms with Crippen molar-refractivity contribution in [2.75, 3.05) is 26.7 Å². The topological polar surface area (TPSA) is 32.3 Å². The first-order valence-electron chi connectivity index (χ1n) is 7.70. The summed E-state index contributed by atoms with van der Waals surface area (Å²) in [6, 6.07) is 0.